The average Bonchev–Trinajstić information content (AvgIpc) is 3.56. The lowest BCUT2D eigenvalue weighted by Gasteiger charge is -2.17. The molecule has 0 spiro atoms. The molecular weight excluding hydrogens is 470 g/mol. The van der Waals surface area contributed by atoms with Crippen LogP contribution in [0.4, 0.5) is 0 Å². The molecule has 0 saturated heterocycles. The van der Waals surface area contributed by atoms with E-state index in [2.05, 4.69) is 54.6 Å². The molecule has 1 heterocycles. The number of allylic oxidation sites excluding steroid dienone is 2. The maximum Gasteiger partial charge on any atom is 0.126 e. The van der Waals surface area contributed by atoms with E-state index in [4.69, 9.17) is 19.2 Å². The predicted octanol–water partition coefficient (Wildman–Crippen LogP) is 7.75. The van der Waals surface area contributed by atoms with Crippen molar-refractivity contribution < 1.29 is 14.2 Å². The molecule has 4 nitrogen and oxygen atoms in total. The monoisotopic (exact) mass is 501 g/mol. The van der Waals surface area contributed by atoms with E-state index >= 15 is 0 Å². The topological polar surface area (TPSA) is 40.6 Å². The molecule has 0 N–H and O–H groups in total. The summed E-state index contributed by atoms with van der Waals surface area (Å²) in [6, 6.07) is 24.7. The molecule has 1 aromatic heterocycles. The highest BCUT2D eigenvalue weighted by Crippen LogP contribution is 2.48. The second-order valence-corrected chi connectivity index (χ2v) is 9.66. The van der Waals surface area contributed by atoms with E-state index in [9.17, 15) is 0 Å². The summed E-state index contributed by atoms with van der Waals surface area (Å²) in [5.74, 6) is 2.64. The lowest BCUT2D eigenvalue weighted by Crippen LogP contribution is -2.02. The number of ether oxygens (including phenoxy) is 3. The van der Waals surface area contributed by atoms with Gasteiger partial charge >= 0.3 is 0 Å². The van der Waals surface area contributed by atoms with Crippen molar-refractivity contribution in [1.29, 1.82) is 0 Å². The molecular formula is C34H31NO3. The van der Waals surface area contributed by atoms with Crippen LogP contribution in [0.3, 0.4) is 0 Å². The number of hydrogen-bond donors (Lipinski definition) is 0. The summed E-state index contributed by atoms with van der Waals surface area (Å²) in [6.45, 7) is 0. The summed E-state index contributed by atoms with van der Waals surface area (Å²) in [4.78, 5) is 5.38. The second-order valence-electron chi connectivity index (χ2n) is 9.66. The van der Waals surface area contributed by atoms with Crippen LogP contribution in [0.1, 0.15) is 46.5 Å². The minimum Gasteiger partial charge on any atom is -0.496 e. The molecule has 4 aromatic rings. The highest BCUT2D eigenvalue weighted by Gasteiger charge is 2.31. The summed E-state index contributed by atoms with van der Waals surface area (Å²) < 4.78 is 17.1. The number of para-hydroxylation sites is 3. The summed E-state index contributed by atoms with van der Waals surface area (Å²) in [5.41, 5.74) is 11.9. The average molecular weight is 502 g/mol. The minimum absolute atomic E-state index is 0.872. The Labute approximate surface area is 224 Å². The van der Waals surface area contributed by atoms with Crippen molar-refractivity contribution >= 4 is 23.3 Å². The fourth-order valence-electron chi connectivity index (χ4n) is 5.84. The van der Waals surface area contributed by atoms with E-state index < -0.39 is 0 Å². The van der Waals surface area contributed by atoms with E-state index in [0.717, 1.165) is 71.0 Å². The summed E-state index contributed by atoms with van der Waals surface area (Å²) >= 11 is 0. The van der Waals surface area contributed by atoms with E-state index in [1.165, 1.54) is 27.8 Å². The van der Waals surface area contributed by atoms with Crippen molar-refractivity contribution in [3.63, 3.8) is 0 Å². The van der Waals surface area contributed by atoms with E-state index in [1.54, 1.807) is 21.3 Å². The van der Waals surface area contributed by atoms with Gasteiger partial charge in [0.05, 0.1) is 32.7 Å². The Bertz CT molecular complexity index is 1490. The SMILES string of the molecule is COc1ccccc1C=C1CCc2c1nc1c(c2-c2ccccc2OC)CCC1=Cc1ccccc1OC. The van der Waals surface area contributed by atoms with Gasteiger partial charge in [0.1, 0.15) is 17.2 Å². The van der Waals surface area contributed by atoms with Crippen molar-refractivity contribution in [2.24, 2.45) is 0 Å². The Hall–Kier alpha value is -4.31. The normalized spacial score (nSPS) is 16.0. The number of benzene rings is 3. The molecule has 0 aliphatic heterocycles. The molecule has 0 radical (unpaired) electrons. The number of nitrogens with zero attached hydrogens (tertiary/aromatic N) is 1. The van der Waals surface area contributed by atoms with Gasteiger partial charge < -0.3 is 14.2 Å². The van der Waals surface area contributed by atoms with Gasteiger partial charge in [-0.2, -0.15) is 0 Å². The lowest BCUT2D eigenvalue weighted by molar-refractivity contribution is 0.414. The Kier molecular flexibility index (Phi) is 6.47. The zero-order chi connectivity index (χ0) is 26.1. The highest BCUT2D eigenvalue weighted by atomic mass is 16.5. The number of methoxy groups -OCH3 is 3. The number of hydrogen-bond acceptors (Lipinski definition) is 4. The molecule has 2 aliphatic carbocycles. The quantitative estimate of drug-likeness (QED) is 0.271. The predicted molar refractivity (Wildman–Crippen MR) is 155 cm³/mol. The third-order valence-electron chi connectivity index (χ3n) is 7.61. The van der Waals surface area contributed by atoms with Crippen LogP contribution in [-0.4, -0.2) is 26.3 Å². The fraction of sp³-hybridized carbons (Fsp3) is 0.206. The minimum atomic E-state index is 0.872. The second kappa shape index (κ2) is 10.2. The third-order valence-corrected chi connectivity index (χ3v) is 7.61. The molecule has 3 aromatic carbocycles. The number of fused-ring (bicyclic) bond motifs is 2. The first kappa shape index (κ1) is 24.1. The van der Waals surface area contributed by atoms with Gasteiger partial charge in [0.15, 0.2) is 0 Å². The van der Waals surface area contributed by atoms with Gasteiger partial charge in [0.2, 0.25) is 0 Å². The molecule has 6 rings (SSSR count). The number of aromatic nitrogens is 1. The van der Waals surface area contributed by atoms with Crippen molar-refractivity contribution in [2.45, 2.75) is 25.7 Å². The fourth-order valence-corrected chi connectivity index (χ4v) is 5.84. The van der Waals surface area contributed by atoms with Crippen molar-refractivity contribution in [3.05, 3.63) is 106 Å². The largest absolute Gasteiger partial charge is 0.496 e. The summed E-state index contributed by atoms with van der Waals surface area (Å²) in [7, 11) is 5.19. The van der Waals surface area contributed by atoms with Gasteiger partial charge in [-0.1, -0.05) is 54.6 Å². The van der Waals surface area contributed by atoms with Crippen LogP contribution in [0.25, 0.3) is 34.4 Å². The van der Waals surface area contributed by atoms with Crippen molar-refractivity contribution in [2.75, 3.05) is 21.3 Å². The van der Waals surface area contributed by atoms with Gasteiger partial charge in [0.25, 0.3) is 0 Å². The van der Waals surface area contributed by atoms with E-state index in [0.29, 0.717) is 0 Å². The van der Waals surface area contributed by atoms with Crippen LogP contribution in [0.2, 0.25) is 0 Å². The Morgan fingerprint density at radius 1 is 0.553 bits per heavy atom. The first-order valence-corrected chi connectivity index (χ1v) is 13.1. The maximum absolute atomic E-state index is 5.84. The first-order valence-electron chi connectivity index (χ1n) is 13.1. The highest BCUT2D eigenvalue weighted by molar-refractivity contribution is 5.95. The maximum atomic E-state index is 5.84. The van der Waals surface area contributed by atoms with E-state index in [-0.39, 0.29) is 0 Å². The Morgan fingerprint density at radius 3 is 1.50 bits per heavy atom. The zero-order valence-corrected chi connectivity index (χ0v) is 22.1. The van der Waals surface area contributed by atoms with E-state index in [1.807, 2.05) is 30.3 Å². The summed E-state index contributed by atoms with van der Waals surface area (Å²) in [6.07, 6.45) is 8.28. The molecule has 0 atom stereocenters. The zero-order valence-electron chi connectivity index (χ0n) is 22.1. The van der Waals surface area contributed by atoms with Gasteiger partial charge in [-0.15, -0.1) is 0 Å². The van der Waals surface area contributed by atoms with Gasteiger partial charge in [-0.25, -0.2) is 4.98 Å². The smallest absolute Gasteiger partial charge is 0.126 e. The standard InChI is InChI=1S/C34H31NO3/c1-36-29-13-7-4-10-22(29)20-24-16-18-27-32(26-12-6-9-15-31(26)38-3)28-19-17-25(34(28)35-33(24)27)21-23-11-5-8-14-30(23)37-2/h4-15,20-21H,16-19H2,1-3H3. The van der Waals surface area contributed by atoms with Crippen LogP contribution >= 0.6 is 0 Å². The third kappa shape index (κ3) is 4.16. The van der Waals surface area contributed by atoms with Crippen LogP contribution in [0.15, 0.2) is 72.8 Å². The van der Waals surface area contributed by atoms with Crippen molar-refractivity contribution in [3.8, 4) is 28.4 Å². The molecule has 0 saturated carbocycles. The molecule has 0 bridgehead atoms. The summed E-state index contributed by atoms with van der Waals surface area (Å²) in [5, 5.41) is 0. The molecule has 0 amide bonds. The molecule has 2 aliphatic rings. The van der Waals surface area contributed by atoms with Crippen LogP contribution in [0.5, 0.6) is 17.2 Å². The number of rotatable bonds is 6. The van der Waals surface area contributed by atoms with Crippen LogP contribution < -0.4 is 14.2 Å². The Morgan fingerprint density at radius 2 is 1.00 bits per heavy atom. The number of pyridine rings is 1. The molecule has 4 heteroatoms. The lowest BCUT2D eigenvalue weighted by atomic mass is 9.92. The van der Waals surface area contributed by atoms with Crippen LogP contribution in [0, 0.1) is 0 Å². The van der Waals surface area contributed by atoms with Gasteiger partial charge in [0, 0.05) is 16.7 Å². The van der Waals surface area contributed by atoms with Crippen molar-refractivity contribution in [1.82, 2.24) is 4.98 Å². The molecule has 0 fully saturated rings. The van der Waals surface area contributed by atoms with Crippen LogP contribution in [-0.2, 0) is 12.8 Å². The Balaban J connectivity index is 1.58. The molecule has 38 heavy (non-hydrogen) atoms. The van der Waals surface area contributed by atoms with Gasteiger partial charge in [-0.3, -0.25) is 0 Å². The first-order chi connectivity index (χ1) is 18.7. The molecule has 190 valence electrons. The molecule has 0 unspecified atom stereocenters. The van der Waals surface area contributed by atoms with Gasteiger partial charge in [-0.05, 0) is 83.9 Å².